The average Bonchev–Trinajstić information content (AvgIpc) is 2.94. The predicted molar refractivity (Wildman–Crippen MR) is 92.9 cm³/mol. The van der Waals surface area contributed by atoms with Crippen molar-refractivity contribution in [3.63, 3.8) is 0 Å². The number of benzene rings is 2. The summed E-state index contributed by atoms with van der Waals surface area (Å²) in [5, 5.41) is 0. The molecule has 0 amide bonds. The van der Waals surface area contributed by atoms with Crippen molar-refractivity contribution in [2.45, 2.75) is 32.1 Å². The fraction of sp³-hybridized carbons (Fsp3) is 0.333. The lowest BCUT2D eigenvalue weighted by molar-refractivity contribution is -0.151. The Hall–Kier alpha value is -2.42. The zero-order valence-corrected chi connectivity index (χ0v) is 14.1. The van der Waals surface area contributed by atoms with Crippen LogP contribution < -0.4 is 0 Å². The summed E-state index contributed by atoms with van der Waals surface area (Å²) in [5.74, 6) is -1.50. The van der Waals surface area contributed by atoms with E-state index in [9.17, 15) is 9.59 Å². The Balaban J connectivity index is 1.96. The van der Waals surface area contributed by atoms with Gasteiger partial charge < -0.3 is 4.74 Å². The predicted octanol–water partition coefficient (Wildman–Crippen LogP) is 4.01. The van der Waals surface area contributed by atoms with Crippen LogP contribution in [0.15, 0.2) is 54.6 Å². The third kappa shape index (κ3) is 3.12. The minimum absolute atomic E-state index is 0.0221. The molecule has 1 aliphatic carbocycles. The Morgan fingerprint density at radius 1 is 1.04 bits per heavy atom. The van der Waals surface area contributed by atoms with Crippen LogP contribution in [0.5, 0.6) is 0 Å². The van der Waals surface area contributed by atoms with E-state index in [1.807, 2.05) is 61.5 Å². The first-order valence-electron chi connectivity index (χ1n) is 8.43. The number of ketones is 1. The highest BCUT2D eigenvalue weighted by Gasteiger charge is 2.48. The zero-order chi connectivity index (χ0) is 17.1. The molecule has 0 bridgehead atoms. The fourth-order valence-corrected chi connectivity index (χ4v) is 3.56. The van der Waals surface area contributed by atoms with E-state index in [0.717, 1.165) is 16.7 Å². The lowest BCUT2D eigenvalue weighted by Crippen LogP contribution is -2.27. The Morgan fingerprint density at radius 3 is 2.33 bits per heavy atom. The molecule has 3 rings (SSSR count). The Kier molecular flexibility index (Phi) is 4.79. The fourth-order valence-electron chi connectivity index (χ4n) is 3.56. The van der Waals surface area contributed by atoms with Crippen LogP contribution in [0.2, 0.25) is 0 Å². The molecule has 3 heteroatoms. The summed E-state index contributed by atoms with van der Waals surface area (Å²) >= 11 is 0. The lowest BCUT2D eigenvalue weighted by atomic mass is 9.88. The van der Waals surface area contributed by atoms with Crippen LogP contribution in [0.1, 0.15) is 41.9 Å². The number of hydrogen-bond donors (Lipinski definition) is 0. The normalized spacial score (nSPS) is 23.2. The number of rotatable bonds is 4. The molecule has 2 aromatic carbocycles. The van der Waals surface area contributed by atoms with Gasteiger partial charge in [0, 0.05) is 11.8 Å². The molecule has 1 aliphatic rings. The van der Waals surface area contributed by atoms with Gasteiger partial charge in [-0.2, -0.15) is 0 Å². The summed E-state index contributed by atoms with van der Waals surface area (Å²) in [7, 11) is 0. The van der Waals surface area contributed by atoms with Gasteiger partial charge in [0.15, 0.2) is 5.78 Å². The quantitative estimate of drug-likeness (QED) is 0.631. The number of ether oxygens (including phenoxy) is 1. The van der Waals surface area contributed by atoms with Crippen molar-refractivity contribution < 1.29 is 14.3 Å². The smallest absolute Gasteiger partial charge is 0.317 e. The molecule has 0 radical (unpaired) electrons. The molecule has 1 fully saturated rings. The van der Waals surface area contributed by atoms with Crippen LogP contribution in [0.4, 0.5) is 0 Å². The average molecular weight is 322 g/mol. The van der Waals surface area contributed by atoms with E-state index in [2.05, 4.69) is 0 Å². The minimum atomic E-state index is -0.710. The lowest BCUT2D eigenvalue weighted by Gasteiger charge is -2.17. The third-order valence-electron chi connectivity index (χ3n) is 4.79. The van der Waals surface area contributed by atoms with Crippen LogP contribution in [0.25, 0.3) is 0 Å². The molecule has 3 unspecified atom stereocenters. The zero-order valence-electron chi connectivity index (χ0n) is 14.1. The number of aryl methyl sites for hydroxylation is 1. The van der Waals surface area contributed by atoms with Gasteiger partial charge in [0.25, 0.3) is 0 Å². The van der Waals surface area contributed by atoms with E-state index >= 15 is 0 Å². The number of Topliss-reactive ketones (excluding diaryl/α,β-unsaturated/α-hetero) is 1. The van der Waals surface area contributed by atoms with E-state index in [1.165, 1.54) is 0 Å². The molecule has 2 aromatic rings. The topological polar surface area (TPSA) is 43.4 Å². The molecule has 0 N–H and O–H groups in total. The van der Waals surface area contributed by atoms with E-state index in [-0.39, 0.29) is 17.6 Å². The monoisotopic (exact) mass is 322 g/mol. The molecule has 1 saturated carbocycles. The second-order valence-electron chi connectivity index (χ2n) is 6.35. The number of carbonyl (C=O) groups is 2. The molecule has 0 aromatic heterocycles. The summed E-state index contributed by atoms with van der Waals surface area (Å²) in [4.78, 5) is 25.4. The Bertz CT molecular complexity index is 719. The van der Waals surface area contributed by atoms with Crippen molar-refractivity contribution in [2.24, 2.45) is 5.92 Å². The van der Waals surface area contributed by atoms with Gasteiger partial charge in [-0.15, -0.1) is 0 Å². The van der Waals surface area contributed by atoms with Crippen molar-refractivity contribution >= 4 is 11.8 Å². The van der Waals surface area contributed by atoms with Crippen LogP contribution in [0, 0.1) is 12.8 Å². The van der Waals surface area contributed by atoms with Gasteiger partial charge in [0.1, 0.15) is 5.92 Å². The van der Waals surface area contributed by atoms with Crippen molar-refractivity contribution in [1.29, 1.82) is 0 Å². The standard InChI is InChI=1S/C21H22O3/c1-3-24-21(23)19-17(15-7-5-4-6-8-15)13-18(20(19)22)16-11-9-14(2)10-12-16/h4-12,17-19H,3,13H2,1-2H3. The molecule has 3 nitrogen and oxygen atoms in total. The van der Waals surface area contributed by atoms with Gasteiger partial charge in [0.05, 0.1) is 6.61 Å². The highest BCUT2D eigenvalue weighted by molar-refractivity contribution is 6.05. The SMILES string of the molecule is CCOC(=O)C1C(=O)C(c2ccc(C)cc2)CC1c1ccccc1. The Morgan fingerprint density at radius 2 is 1.71 bits per heavy atom. The summed E-state index contributed by atoms with van der Waals surface area (Å²) in [6, 6.07) is 17.8. The summed E-state index contributed by atoms with van der Waals surface area (Å²) in [6.07, 6.45) is 0.648. The third-order valence-corrected chi connectivity index (χ3v) is 4.79. The van der Waals surface area contributed by atoms with Gasteiger partial charge in [-0.1, -0.05) is 60.2 Å². The molecular formula is C21H22O3. The van der Waals surface area contributed by atoms with E-state index in [0.29, 0.717) is 13.0 Å². The first-order valence-corrected chi connectivity index (χ1v) is 8.43. The highest BCUT2D eigenvalue weighted by atomic mass is 16.5. The van der Waals surface area contributed by atoms with Gasteiger partial charge >= 0.3 is 5.97 Å². The molecule has 0 saturated heterocycles. The molecule has 0 spiro atoms. The van der Waals surface area contributed by atoms with Crippen molar-refractivity contribution in [3.05, 3.63) is 71.3 Å². The van der Waals surface area contributed by atoms with Crippen LogP contribution >= 0.6 is 0 Å². The van der Waals surface area contributed by atoms with E-state index in [1.54, 1.807) is 6.92 Å². The van der Waals surface area contributed by atoms with Crippen LogP contribution in [0.3, 0.4) is 0 Å². The van der Waals surface area contributed by atoms with Crippen LogP contribution in [-0.2, 0) is 14.3 Å². The van der Waals surface area contributed by atoms with Gasteiger partial charge in [0.2, 0.25) is 0 Å². The van der Waals surface area contributed by atoms with Crippen molar-refractivity contribution in [1.82, 2.24) is 0 Å². The second kappa shape index (κ2) is 7.00. The first-order chi connectivity index (χ1) is 11.6. The molecule has 0 aliphatic heterocycles. The second-order valence-corrected chi connectivity index (χ2v) is 6.35. The van der Waals surface area contributed by atoms with Gasteiger partial charge in [-0.3, -0.25) is 9.59 Å². The Labute approximate surface area is 142 Å². The van der Waals surface area contributed by atoms with Crippen LogP contribution in [-0.4, -0.2) is 18.4 Å². The van der Waals surface area contributed by atoms with E-state index in [4.69, 9.17) is 4.74 Å². The molecular weight excluding hydrogens is 300 g/mol. The highest BCUT2D eigenvalue weighted by Crippen LogP contribution is 2.45. The molecule has 24 heavy (non-hydrogen) atoms. The maximum Gasteiger partial charge on any atom is 0.317 e. The van der Waals surface area contributed by atoms with E-state index < -0.39 is 11.9 Å². The summed E-state index contributed by atoms with van der Waals surface area (Å²) < 4.78 is 5.19. The number of hydrogen-bond acceptors (Lipinski definition) is 3. The maximum absolute atomic E-state index is 13.0. The number of carbonyl (C=O) groups excluding carboxylic acids is 2. The van der Waals surface area contributed by atoms with Crippen molar-refractivity contribution in [2.75, 3.05) is 6.61 Å². The summed E-state index contributed by atoms with van der Waals surface area (Å²) in [5.41, 5.74) is 3.17. The summed E-state index contributed by atoms with van der Waals surface area (Å²) in [6.45, 7) is 4.08. The largest absolute Gasteiger partial charge is 0.465 e. The molecule has 3 atom stereocenters. The van der Waals surface area contributed by atoms with Crippen molar-refractivity contribution in [3.8, 4) is 0 Å². The number of esters is 1. The maximum atomic E-state index is 13.0. The van der Waals surface area contributed by atoms with Gasteiger partial charge in [-0.05, 0) is 31.4 Å². The van der Waals surface area contributed by atoms with Gasteiger partial charge in [-0.25, -0.2) is 0 Å². The molecule has 124 valence electrons. The minimum Gasteiger partial charge on any atom is -0.465 e. The molecule has 0 heterocycles. The first kappa shape index (κ1) is 16.4.